The number of alkyl carbamates (subject to hydrolysis) is 2. The number of allylic oxidation sites excluding steroid dienone is 8. The van der Waals surface area contributed by atoms with Gasteiger partial charge >= 0.3 is 12.2 Å². The van der Waals surface area contributed by atoms with Gasteiger partial charge in [-0.3, -0.25) is 38.4 Å². The number of halogens is 2. The molecule has 6 amide bonds. The second-order valence-corrected chi connectivity index (χ2v) is 26.7. The highest BCUT2D eigenvalue weighted by molar-refractivity contribution is 6.02. The fourth-order valence-corrected chi connectivity index (χ4v) is 17.4. The highest BCUT2D eigenvalue weighted by atomic mass is 19.1. The number of amides is 6. The number of ether oxygens (including phenoxy) is 2. The summed E-state index contributed by atoms with van der Waals surface area (Å²) in [6, 6.07) is -1.49. The number of fused-ring (bicyclic) bond motifs is 10. The Morgan fingerprint density at radius 1 is 0.629 bits per heavy atom. The summed E-state index contributed by atoms with van der Waals surface area (Å²) >= 11 is 0. The van der Waals surface area contributed by atoms with Crippen LogP contribution in [-0.2, 0) is 47.8 Å². The van der Waals surface area contributed by atoms with E-state index in [1.165, 1.54) is 45.2 Å². The van der Waals surface area contributed by atoms with E-state index in [2.05, 4.69) is 26.6 Å². The normalized spacial score (nSPS) is 37.4. The van der Waals surface area contributed by atoms with E-state index in [0.717, 1.165) is 0 Å². The highest BCUT2D eigenvalue weighted by Gasteiger charge is 2.77. The number of nitrogens with two attached hydrogens (primary N) is 1. The first kappa shape index (κ1) is 71.8. The van der Waals surface area contributed by atoms with Crippen molar-refractivity contribution in [1.29, 1.82) is 0 Å². The molecule has 6 saturated carbocycles. The Morgan fingerprint density at radius 2 is 1.00 bits per heavy atom. The fourth-order valence-electron chi connectivity index (χ4n) is 17.4. The van der Waals surface area contributed by atoms with E-state index in [-0.39, 0.29) is 55.2 Å². The predicted octanol–water partition coefficient (Wildman–Crippen LogP) is 4.87. The minimum absolute atomic E-state index is 0.163. The number of rotatable bonds is 20. The summed E-state index contributed by atoms with van der Waals surface area (Å²) in [6.07, 6.45) is 8.74. The maximum Gasteiger partial charge on any atom is 0.407 e. The van der Waals surface area contributed by atoms with Crippen molar-refractivity contribution in [2.75, 3.05) is 33.4 Å². The number of carbonyl (C=O) groups excluding carboxylic acids is 10. The van der Waals surface area contributed by atoms with E-state index in [4.69, 9.17) is 15.2 Å². The summed E-state index contributed by atoms with van der Waals surface area (Å²) in [5.74, 6) is -6.79. The molecule has 11 N–H and O–H groups in total. The maximum atomic E-state index is 17.3. The van der Waals surface area contributed by atoms with Gasteiger partial charge in [-0.25, -0.2) is 18.4 Å². The van der Waals surface area contributed by atoms with Gasteiger partial charge in [0.25, 0.3) is 0 Å². The van der Waals surface area contributed by atoms with Gasteiger partial charge < -0.3 is 62.2 Å². The lowest BCUT2D eigenvalue weighted by Gasteiger charge is -2.62. The SMILES string of the molecule is CC.CC(=O)N[C@@H](CCCCNC(=O)OCC(=O)[C@@]1(O)[C@H](C)C[C@H]2[C@@H]3CCC4=CC(=O)C=C[C@]4(C)[C@@]3(F)[C@@H](O)C[C@@]21C)C(N)=O.CNC(=O)[C@H](CCCCNC(=O)OCC(=O)[C@@]1(O)[C@H](C)C[C@H]2[C@@H]3CCC4=CC(=O)C=C[C@]4(C)[C@@]3(F)[C@@H](O)C[C@@]21C)NC(C)=O. The van der Waals surface area contributed by atoms with Crippen molar-refractivity contribution in [3.63, 3.8) is 0 Å². The van der Waals surface area contributed by atoms with E-state index in [1.807, 2.05) is 13.8 Å². The number of hydrogen-bond acceptors (Lipinski definition) is 16. The number of ketones is 4. The van der Waals surface area contributed by atoms with Crippen LogP contribution in [-0.4, -0.2) is 160 Å². The zero-order chi connectivity index (χ0) is 66.6. The van der Waals surface area contributed by atoms with Crippen molar-refractivity contribution in [2.45, 2.75) is 206 Å². The molecular formula is C65H96F2N6O16. The molecule has 0 aromatic heterocycles. The smallest absolute Gasteiger partial charge is 0.407 e. The van der Waals surface area contributed by atoms with Crippen LogP contribution < -0.4 is 32.3 Å². The van der Waals surface area contributed by atoms with Crippen molar-refractivity contribution in [1.82, 2.24) is 26.6 Å². The number of aliphatic hydroxyl groups is 4. The molecule has 0 heterocycles. The summed E-state index contributed by atoms with van der Waals surface area (Å²) in [4.78, 5) is 122. The molecule has 0 bridgehead atoms. The van der Waals surface area contributed by atoms with Crippen LogP contribution in [0.25, 0.3) is 0 Å². The Balaban J connectivity index is 0.000000276. The predicted molar refractivity (Wildman–Crippen MR) is 322 cm³/mol. The number of likely N-dealkylation sites (N-methyl/N-ethyl adjacent to an activating group) is 1. The van der Waals surface area contributed by atoms with Gasteiger partial charge in [-0.15, -0.1) is 0 Å². The van der Waals surface area contributed by atoms with Crippen LogP contribution >= 0.6 is 0 Å². The molecular weight excluding hydrogens is 1160 g/mol. The molecule has 496 valence electrons. The Kier molecular flexibility index (Phi) is 22.4. The first-order valence-electron chi connectivity index (χ1n) is 31.6. The van der Waals surface area contributed by atoms with Crippen LogP contribution in [0.4, 0.5) is 18.4 Å². The molecule has 18 atom stereocenters. The summed E-state index contributed by atoms with van der Waals surface area (Å²) in [6.45, 7) is 15.9. The van der Waals surface area contributed by atoms with Crippen molar-refractivity contribution in [2.24, 2.45) is 62.9 Å². The number of hydrogen-bond donors (Lipinski definition) is 10. The third-order valence-electron chi connectivity index (χ3n) is 22.0. The van der Waals surface area contributed by atoms with E-state index in [0.29, 0.717) is 88.2 Å². The topological polar surface area (TPSA) is 356 Å². The van der Waals surface area contributed by atoms with Gasteiger partial charge in [0, 0.05) is 67.5 Å². The highest BCUT2D eigenvalue weighted by Crippen LogP contribution is 2.72. The summed E-state index contributed by atoms with van der Waals surface area (Å²) < 4.78 is 44.9. The molecule has 0 aromatic rings. The monoisotopic (exact) mass is 1250 g/mol. The second-order valence-electron chi connectivity index (χ2n) is 26.7. The van der Waals surface area contributed by atoms with Crippen molar-refractivity contribution >= 4 is 58.9 Å². The Hall–Kier alpha value is -6.24. The number of primary amides is 1. The maximum absolute atomic E-state index is 17.3. The minimum Gasteiger partial charge on any atom is -0.441 e. The summed E-state index contributed by atoms with van der Waals surface area (Å²) in [5.41, 5.74) is -6.16. The zero-order valence-electron chi connectivity index (χ0n) is 53.5. The van der Waals surface area contributed by atoms with E-state index in [1.54, 1.807) is 53.7 Å². The van der Waals surface area contributed by atoms with Gasteiger partial charge in [0.15, 0.2) is 36.1 Å². The average molecular weight is 1260 g/mol. The molecule has 0 radical (unpaired) electrons. The molecule has 24 heteroatoms. The molecule has 0 saturated heterocycles. The van der Waals surface area contributed by atoms with Gasteiger partial charge in [-0.05, 0) is 152 Å². The number of unbranched alkanes of at least 4 members (excludes halogenated alkanes) is 2. The number of carbonyl (C=O) groups is 10. The third kappa shape index (κ3) is 12.8. The molecule has 8 aliphatic rings. The molecule has 8 aliphatic carbocycles. The van der Waals surface area contributed by atoms with Crippen LogP contribution in [0.2, 0.25) is 0 Å². The van der Waals surface area contributed by atoms with Crippen molar-refractivity contribution < 1.29 is 86.6 Å². The standard InChI is InChI=1S/C32H46FN3O8.C31H44FN3O8.C2H6/c1-18-14-23-22-10-9-20-15-21(38)11-12-29(20,3)31(22,33)25(39)16-30(23,4)32(18,43)26(40)17-44-28(42)35-13-7-6-8-24(27(41)34-5)36-19(2)37;1-17-13-22-21-9-8-19-14-20(37)10-11-28(19,3)30(21,32)24(38)15-29(22,4)31(17,42)25(39)16-43-27(41)34-12-6-5-7-23(26(33)40)35-18(2)36;1-2/h11-12,15,18,22-25,39,43H,6-10,13-14,16-17H2,1-5H3,(H,34,41)(H,35,42)(H,36,37);10-11,14,17,21-24,38,42H,5-9,12-13,15-16H2,1-4H3,(H2,33,40)(H,34,41)(H,35,36);1-2H3/t18-,22+,23+,24+,25+,29+,30+,31+,32+;17-,21+,22+,23+,24+,28+,29+,30+,31+;/m11./s1. The van der Waals surface area contributed by atoms with Crippen molar-refractivity contribution in [3.05, 3.63) is 47.6 Å². The van der Waals surface area contributed by atoms with E-state index >= 15 is 8.78 Å². The van der Waals surface area contributed by atoms with Gasteiger partial charge in [0.1, 0.15) is 23.3 Å². The molecule has 0 aromatic carbocycles. The lowest BCUT2D eigenvalue weighted by Crippen LogP contribution is -2.69. The second kappa shape index (κ2) is 27.7. The first-order valence-corrected chi connectivity index (χ1v) is 31.6. The lowest BCUT2D eigenvalue weighted by molar-refractivity contribution is -0.219. The Labute approximate surface area is 520 Å². The molecule has 8 rings (SSSR count). The minimum atomic E-state index is -2.08. The summed E-state index contributed by atoms with van der Waals surface area (Å²) in [5, 5.41) is 59.5. The molecule has 89 heavy (non-hydrogen) atoms. The first-order chi connectivity index (χ1) is 41.6. The van der Waals surface area contributed by atoms with Crippen LogP contribution in [0.5, 0.6) is 0 Å². The van der Waals surface area contributed by atoms with Crippen LogP contribution in [0.15, 0.2) is 47.6 Å². The van der Waals surface area contributed by atoms with Crippen LogP contribution in [0.3, 0.4) is 0 Å². The van der Waals surface area contributed by atoms with Crippen LogP contribution in [0, 0.1) is 57.2 Å². The lowest BCUT2D eigenvalue weighted by atomic mass is 9.44. The number of Topliss-reactive ketones (excluding diaryl/α,β-unsaturated/α-hetero) is 2. The third-order valence-corrected chi connectivity index (χ3v) is 22.0. The summed E-state index contributed by atoms with van der Waals surface area (Å²) in [7, 11) is 1.48. The molecule has 0 spiro atoms. The molecule has 0 aliphatic heterocycles. The van der Waals surface area contributed by atoms with Gasteiger partial charge in [0.05, 0.1) is 12.2 Å². The van der Waals surface area contributed by atoms with E-state index < -0.39 is 147 Å². The number of nitrogens with one attached hydrogen (secondary N) is 5. The number of aliphatic hydroxyl groups excluding tert-OH is 2. The zero-order valence-corrected chi connectivity index (χ0v) is 53.5. The molecule has 6 fully saturated rings. The quantitative estimate of drug-likeness (QED) is 0.0727. The fraction of sp³-hybridized carbons (Fsp3) is 0.723. The van der Waals surface area contributed by atoms with Gasteiger partial charge in [-0.2, -0.15) is 0 Å². The molecule has 22 nitrogen and oxygen atoms in total. The van der Waals surface area contributed by atoms with Crippen LogP contribution in [0.1, 0.15) is 159 Å². The average Bonchev–Trinajstić information content (AvgIpc) is 1.66. The molecule has 0 unspecified atom stereocenters. The van der Waals surface area contributed by atoms with Gasteiger partial charge in [-0.1, -0.05) is 64.8 Å². The number of alkyl halides is 2. The Morgan fingerprint density at radius 3 is 1.36 bits per heavy atom. The Bertz CT molecular complexity index is 2900. The van der Waals surface area contributed by atoms with Gasteiger partial charge in [0.2, 0.25) is 35.2 Å². The largest absolute Gasteiger partial charge is 0.441 e. The van der Waals surface area contributed by atoms with Crippen molar-refractivity contribution in [3.8, 4) is 0 Å². The van der Waals surface area contributed by atoms with E-state index in [9.17, 15) is 68.4 Å².